The number of hydrogen-bond acceptors (Lipinski definition) is 6. The number of fused-ring (bicyclic) bond motifs is 3. The molecule has 0 saturated carbocycles. The Kier molecular flexibility index (Phi) is 9.80. The van der Waals surface area contributed by atoms with E-state index in [2.05, 4.69) is 32.6 Å². The number of aryl methyl sites for hydroxylation is 1. The molecule has 0 atom stereocenters. The first kappa shape index (κ1) is 32.2. The third-order valence-corrected chi connectivity index (χ3v) is 9.47. The highest BCUT2D eigenvalue weighted by molar-refractivity contribution is 9.10. The molecule has 0 radical (unpaired) electrons. The zero-order chi connectivity index (χ0) is 32.9. The second-order valence-corrected chi connectivity index (χ2v) is 13.0. The Balaban J connectivity index is 1.31. The monoisotopic (exact) mass is 702 g/mol. The van der Waals surface area contributed by atoms with Gasteiger partial charge in [0.25, 0.3) is 0 Å². The molecule has 0 aliphatic heterocycles. The number of ketones is 2. The fourth-order valence-electron chi connectivity index (χ4n) is 5.60. The summed E-state index contributed by atoms with van der Waals surface area (Å²) in [5.74, 6) is -0.0662. The number of carbonyl (C=O) groups is 3. The number of hydrogen-bond donors (Lipinski definition) is 0. The molecule has 0 spiro atoms. The molecule has 1 aromatic heterocycles. The van der Waals surface area contributed by atoms with Crippen LogP contribution in [0.2, 0.25) is 0 Å². The fraction of sp³-hybridized carbons (Fsp3) is 0.128. The van der Waals surface area contributed by atoms with Crippen LogP contribution in [0.25, 0.3) is 32.9 Å². The third kappa shape index (κ3) is 7.14. The van der Waals surface area contributed by atoms with E-state index in [1.807, 2.05) is 109 Å². The Labute approximate surface area is 285 Å². The van der Waals surface area contributed by atoms with Crippen molar-refractivity contribution >= 4 is 72.7 Å². The van der Waals surface area contributed by atoms with Gasteiger partial charge < -0.3 is 9.40 Å². The molecule has 1 heterocycles. The minimum Gasteiger partial charge on any atom is -0.341 e. The summed E-state index contributed by atoms with van der Waals surface area (Å²) in [6.45, 7) is 4.04. The maximum Gasteiger partial charge on any atom is 0.331 e. The number of thioether (sulfide) groups is 1. The Morgan fingerprint density at radius 1 is 0.745 bits per heavy atom. The molecule has 5 aromatic carbocycles. The van der Waals surface area contributed by atoms with E-state index >= 15 is 0 Å². The highest BCUT2D eigenvalue weighted by Crippen LogP contribution is 2.32. The van der Waals surface area contributed by atoms with Crippen molar-refractivity contribution in [1.82, 2.24) is 4.57 Å². The maximum atomic E-state index is 13.8. The van der Waals surface area contributed by atoms with Gasteiger partial charge in [0.2, 0.25) is 5.78 Å². The predicted molar refractivity (Wildman–Crippen MR) is 194 cm³/mol. The van der Waals surface area contributed by atoms with Crippen molar-refractivity contribution in [2.75, 3.05) is 5.75 Å². The number of carbonyl (C=O) groups excluding carboxylic acids is 3. The predicted octanol–water partition coefficient (Wildman–Crippen LogP) is 9.51. The van der Waals surface area contributed by atoms with Crippen molar-refractivity contribution in [3.8, 4) is 11.1 Å². The van der Waals surface area contributed by atoms with Crippen LogP contribution in [0.15, 0.2) is 125 Å². The van der Waals surface area contributed by atoms with Crippen LogP contribution in [-0.2, 0) is 21.9 Å². The maximum absolute atomic E-state index is 13.8. The molecule has 6 aromatic rings. The van der Waals surface area contributed by atoms with Gasteiger partial charge in [0.1, 0.15) is 5.71 Å². The molecule has 6 rings (SSSR count). The van der Waals surface area contributed by atoms with E-state index in [0.29, 0.717) is 29.0 Å². The minimum absolute atomic E-state index is 0.0743. The molecule has 0 amide bonds. The van der Waals surface area contributed by atoms with Crippen molar-refractivity contribution in [3.63, 3.8) is 0 Å². The lowest BCUT2D eigenvalue weighted by Gasteiger charge is -2.07. The number of Topliss-reactive ketones (excluding diaryl/α,β-unsaturated/α-hetero) is 1. The smallest absolute Gasteiger partial charge is 0.331 e. The van der Waals surface area contributed by atoms with Gasteiger partial charge in [-0.25, -0.2) is 4.79 Å². The van der Waals surface area contributed by atoms with Crippen molar-refractivity contribution in [2.24, 2.45) is 5.16 Å². The van der Waals surface area contributed by atoms with E-state index in [9.17, 15) is 14.4 Å². The summed E-state index contributed by atoms with van der Waals surface area (Å²) < 4.78 is 3.16. The first-order chi connectivity index (χ1) is 22.8. The van der Waals surface area contributed by atoms with Crippen molar-refractivity contribution in [1.29, 1.82) is 0 Å². The van der Waals surface area contributed by atoms with Gasteiger partial charge in [0, 0.05) is 67.9 Å². The number of halogens is 1. The van der Waals surface area contributed by atoms with E-state index in [1.54, 1.807) is 6.07 Å². The normalized spacial score (nSPS) is 11.6. The lowest BCUT2D eigenvalue weighted by atomic mass is 9.98. The quantitative estimate of drug-likeness (QED) is 0.0582. The van der Waals surface area contributed by atoms with E-state index in [4.69, 9.17) is 4.84 Å². The second-order valence-electron chi connectivity index (χ2n) is 11.0. The van der Waals surface area contributed by atoms with Crippen LogP contribution in [0.5, 0.6) is 0 Å². The Hall–Kier alpha value is -4.79. The number of nitrogens with zero attached hydrogens (tertiary/aromatic N) is 2. The first-order valence-electron chi connectivity index (χ1n) is 15.2. The van der Waals surface area contributed by atoms with Gasteiger partial charge in [-0.05, 0) is 72.1 Å². The average molecular weight is 704 g/mol. The summed E-state index contributed by atoms with van der Waals surface area (Å²) in [5.41, 5.74) is 6.92. The van der Waals surface area contributed by atoms with Gasteiger partial charge in [-0.2, -0.15) is 11.8 Å². The van der Waals surface area contributed by atoms with Gasteiger partial charge in [-0.1, -0.05) is 87.8 Å². The molecule has 47 heavy (non-hydrogen) atoms. The van der Waals surface area contributed by atoms with Gasteiger partial charge >= 0.3 is 5.97 Å². The van der Waals surface area contributed by atoms with Gasteiger partial charge in [-0.3, -0.25) is 9.59 Å². The number of oxime groups is 1. The SMILES string of the molecule is CCn1c2ccc(C(=O)C(CSCc3ccc(Br)cc3)=NOC(C)=O)cc2c2cc(C(=O)c3ccc(-c4ccccc4)cc3)ccc21. The lowest BCUT2D eigenvalue weighted by molar-refractivity contribution is -0.140. The Bertz CT molecular complexity index is 2140. The molecular weight excluding hydrogens is 672 g/mol. The van der Waals surface area contributed by atoms with E-state index < -0.39 is 5.97 Å². The van der Waals surface area contributed by atoms with Crippen LogP contribution < -0.4 is 0 Å². The van der Waals surface area contributed by atoms with Crippen molar-refractivity contribution in [3.05, 3.63) is 142 Å². The molecule has 8 heteroatoms. The number of rotatable bonds is 11. The topological polar surface area (TPSA) is 77.7 Å². The summed E-state index contributed by atoms with van der Waals surface area (Å²) in [7, 11) is 0. The van der Waals surface area contributed by atoms with E-state index in [-0.39, 0.29) is 23.0 Å². The third-order valence-electron chi connectivity index (χ3n) is 7.93. The van der Waals surface area contributed by atoms with Crippen molar-refractivity contribution < 1.29 is 19.2 Å². The van der Waals surface area contributed by atoms with E-state index in [0.717, 1.165) is 43.0 Å². The summed E-state index contributed by atoms with van der Waals surface area (Å²) in [5, 5.41) is 5.68. The molecule has 0 bridgehead atoms. The molecule has 234 valence electrons. The molecule has 6 nitrogen and oxygen atoms in total. The average Bonchev–Trinajstić information content (AvgIpc) is 3.42. The summed E-state index contributed by atoms with van der Waals surface area (Å²) in [6.07, 6.45) is 0. The fourth-order valence-corrected chi connectivity index (χ4v) is 6.78. The second kappa shape index (κ2) is 14.3. The van der Waals surface area contributed by atoms with Gasteiger partial charge in [0.15, 0.2) is 5.78 Å². The highest BCUT2D eigenvalue weighted by Gasteiger charge is 2.20. The molecule has 0 aliphatic carbocycles. The summed E-state index contributed by atoms with van der Waals surface area (Å²) >= 11 is 4.96. The minimum atomic E-state index is -0.596. The number of aromatic nitrogens is 1. The van der Waals surface area contributed by atoms with Crippen LogP contribution >= 0.6 is 27.7 Å². The van der Waals surface area contributed by atoms with Gasteiger partial charge in [0.05, 0.1) is 0 Å². The molecule has 0 N–H and O–H groups in total. The standard InChI is InChI=1S/C39H31BrN2O4S/c1-3-42-36-19-15-30(38(44)29-13-11-28(12-14-29)27-7-5-4-6-8-27)21-33(36)34-22-31(16-20-37(34)42)39(45)35(41-46-25(2)43)24-47-23-26-9-17-32(40)18-10-26/h4-22H,3,23-24H2,1-2H3. The van der Waals surface area contributed by atoms with Crippen LogP contribution in [0.4, 0.5) is 0 Å². The van der Waals surface area contributed by atoms with Crippen LogP contribution in [0, 0.1) is 0 Å². The van der Waals surface area contributed by atoms with Crippen molar-refractivity contribution in [2.45, 2.75) is 26.1 Å². The van der Waals surface area contributed by atoms with Crippen LogP contribution in [0.3, 0.4) is 0 Å². The molecule has 0 saturated heterocycles. The Morgan fingerprint density at radius 3 is 1.98 bits per heavy atom. The first-order valence-corrected chi connectivity index (χ1v) is 17.1. The molecule has 0 fully saturated rings. The zero-order valence-electron chi connectivity index (χ0n) is 25.9. The summed E-state index contributed by atoms with van der Waals surface area (Å²) in [6, 6.07) is 37.0. The zero-order valence-corrected chi connectivity index (χ0v) is 28.3. The largest absolute Gasteiger partial charge is 0.341 e. The Morgan fingerprint density at radius 2 is 1.34 bits per heavy atom. The highest BCUT2D eigenvalue weighted by atomic mass is 79.9. The molecule has 0 aliphatic rings. The van der Waals surface area contributed by atoms with Crippen LogP contribution in [0.1, 0.15) is 45.7 Å². The number of benzene rings is 5. The summed E-state index contributed by atoms with van der Waals surface area (Å²) in [4.78, 5) is 43.9. The lowest BCUT2D eigenvalue weighted by Crippen LogP contribution is -2.18. The van der Waals surface area contributed by atoms with Gasteiger partial charge in [-0.15, -0.1) is 0 Å². The molecule has 0 unspecified atom stereocenters. The van der Waals surface area contributed by atoms with E-state index in [1.165, 1.54) is 18.7 Å². The van der Waals surface area contributed by atoms with Crippen LogP contribution in [-0.4, -0.2) is 33.6 Å². The molecular formula is C39H31BrN2O4S.